The molecule has 0 radical (unpaired) electrons. The van der Waals surface area contributed by atoms with E-state index in [4.69, 9.17) is 11.6 Å². The van der Waals surface area contributed by atoms with Crippen LogP contribution in [-0.4, -0.2) is 25.0 Å². The van der Waals surface area contributed by atoms with E-state index in [0.29, 0.717) is 10.7 Å². The van der Waals surface area contributed by atoms with Gasteiger partial charge in [0.15, 0.2) is 5.13 Å². The van der Waals surface area contributed by atoms with Gasteiger partial charge < -0.3 is 4.90 Å². The van der Waals surface area contributed by atoms with E-state index >= 15 is 0 Å². The van der Waals surface area contributed by atoms with Gasteiger partial charge in [-0.1, -0.05) is 17.7 Å². The Labute approximate surface area is 147 Å². The van der Waals surface area contributed by atoms with Gasteiger partial charge in [0.1, 0.15) is 0 Å². The van der Waals surface area contributed by atoms with Gasteiger partial charge in [0, 0.05) is 30.7 Å². The van der Waals surface area contributed by atoms with Gasteiger partial charge in [-0.05, 0) is 30.3 Å². The van der Waals surface area contributed by atoms with Crippen LogP contribution in [-0.2, 0) is 0 Å². The molecule has 0 spiro atoms. The van der Waals surface area contributed by atoms with Crippen LogP contribution in [0.4, 0.5) is 10.8 Å². The van der Waals surface area contributed by atoms with Crippen LogP contribution in [0, 0.1) is 0 Å². The van der Waals surface area contributed by atoms with Gasteiger partial charge in [-0.2, -0.15) is 0 Å². The van der Waals surface area contributed by atoms with Crippen LogP contribution in [0.1, 0.15) is 10.4 Å². The lowest BCUT2D eigenvalue weighted by Crippen LogP contribution is -2.14. The molecule has 2 heterocycles. The summed E-state index contributed by atoms with van der Waals surface area (Å²) < 4.78 is 0.721. The van der Waals surface area contributed by atoms with Gasteiger partial charge in [-0.3, -0.25) is 10.1 Å². The average molecular weight is 364 g/mol. The molecule has 0 fully saturated rings. The lowest BCUT2D eigenvalue weighted by atomic mass is 10.2. The molecule has 0 bridgehead atoms. The highest BCUT2D eigenvalue weighted by molar-refractivity contribution is 7.20. The van der Waals surface area contributed by atoms with Crippen LogP contribution in [0.3, 0.4) is 0 Å². The van der Waals surface area contributed by atoms with Gasteiger partial charge in [0.2, 0.25) is 0 Å². The molecule has 7 heteroatoms. The molecule has 4 nitrogen and oxygen atoms in total. The molecule has 0 aliphatic carbocycles. The van der Waals surface area contributed by atoms with Crippen LogP contribution < -0.4 is 10.2 Å². The Morgan fingerprint density at radius 1 is 1.26 bits per heavy atom. The highest BCUT2D eigenvalue weighted by Crippen LogP contribution is 2.33. The molecule has 0 aliphatic heterocycles. The number of hydrogen-bond donors (Lipinski definition) is 1. The second kappa shape index (κ2) is 6.70. The van der Waals surface area contributed by atoms with Gasteiger partial charge in [-0.15, -0.1) is 22.7 Å². The smallest absolute Gasteiger partial charge is 0.257 e. The molecule has 0 saturated carbocycles. The quantitative estimate of drug-likeness (QED) is 0.721. The third-order valence-corrected chi connectivity index (χ3v) is 5.19. The van der Waals surface area contributed by atoms with Crippen LogP contribution >= 0.6 is 34.3 Å². The molecule has 0 atom stereocenters. The van der Waals surface area contributed by atoms with Gasteiger partial charge in [0.05, 0.1) is 14.9 Å². The number of benzene rings is 1. The molecule has 23 heavy (non-hydrogen) atoms. The number of rotatable bonds is 4. The van der Waals surface area contributed by atoms with Crippen LogP contribution in [0.2, 0.25) is 4.34 Å². The van der Waals surface area contributed by atoms with Crippen molar-refractivity contribution >= 4 is 51.0 Å². The number of nitrogens with zero attached hydrogens (tertiary/aromatic N) is 2. The van der Waals surface area contributed by atoms with E-state index in [1.165, 1.54) is 22.7 Å². The molecule has 2 aromatic heterocycles. The predicted octanol–water partition coefficient (Wildman–Crippen LogP) is 4.84. The first-order chi connectivity index (χ1) is 11.0. The lowest BCUT2D eigenvalue weighted by molar-refractivity contribution is 0.102. The van der Waals surface area contributed by atoms with E-state index < -0.39 is 0 Å². The standard InChI is InChI=1S/C16H14ClN3OS2/c1-20(2)11-5-3-4-10(8-11)15(21)19-16-18-12(9-22-16)13-6-7-14(17)23-13/h3-9H,1-2H3,(H,18,19,21). The van der Waals surface area contributed by atoms with Crippen molar-refractivity contribution in [3.63, 3.8) is 0 Å². The highest BCUT2D eigenvalue weighted by Gasteiger charge is 2.12. The van der Waals surface area contributed by atoms with Crippen LogP contribution in [0.5, 0.6) is 0 Å². The first-order valence-electron chi connectivity index (χ1n) is 6.83. The normalized spacial score (nSPS) is 10.6. The monoisotopic (exact) mass is 363 g/mol. The summed E-state index contributed by atoms with van der Waals surface area (Å²) in [5.74, 6) is -0.168. The summed E-state index contributed by atoms with van der Waals surface area (Å²) in [6, 6.07) is 11.2. The zero-order chi connectivity index (χ0) is 16.4. The second-order valence-electron chi connectivity index (χ2n) is 5.04. The zero-order valence-corrected chi connectivity index (χ0v) is 14.9. The number of amides is 1. The minimum atomic E-state index is -0.168. The van der Waals surface area contributed by atoms with Crippen molar-refractivity contribution in [3.8, 4) is 10.6 Å². The molecule has 3 rings (SSSR count). The maximum Gasteiger partial charge on any atom is 0.257 e. The van der Waals surface area contributed by atoms with Crippen molar-refractivity contribution in [1.29, 1.82) is 0 Å². The predicted molar refractivity (Wildman–Crippen MR) is 99.2 cm³/mol. The van der Waals surface area contributed by atoms with Gasteiger partial charge >= 0.3 is 0 Å². The van der Waals surface area contributed by atoms with Crippen LogP contribution in [0.15, 0.2) is 41.8 Å². The summed E-state index contributed by atoms with van der Waals surface area (Å²) in [6.07, 6.45) is 0. The Morgan fingerprint density at radius 2 is 2.09 bits per heavy atom. The third kappa shape index (κ3) is 3.72. The fraction of sp³-hybridized carbons (Fsp3) is 0.125. The van der Waals surface area contributed by atoms with Crippen molar-refractivity contribution in [1.82, 2.24) is 4.98 Å². The summed E-state index contributed by atoms with van der Waals surface area (Å²) >= 11 is 8.81. The Balaban J connectivity index is 1.76. The molecule has 1 N–H and O–H groups in total. The molecular formula is C16H14ClN3OS2. The number of nitrogens with one attached hydrogen (secondary N) is 1. The number of carbonyl (C=O) groups is 1. The van der Waals surface area contributed by atoms with E-state index in [9.17, 15) is 4.79 Å². The summed E-state index contributed by atoms with van der Waals surface area (Å²) in [7, 11) is 3.88. The van der Waals surface area contributed by atoms with Gasteiger partial charge in [0.25, 0.3) is 5.91 Å². The number of thiazole rings is 1. The summed E-state index contributed by atoms with van der Waals surface area (Å²) in [5, 5.41) is 5.33. The molecule has 0 saturated heterocycles. The number of halogens is 1. The van der Waals surface area contributed by atoms with E-state index in [1.54, 1.807) is 6.07 Å². The Bertz CT molecular complexity index is 841. The van der Waals surface area contributed by atoms with E-state index in [-0.39, 0.29) is 5.91 Å². The molecule has 0 unspecified atom stereocenters. The van der Waals surface area contributed by atoms with Crippen LogP contribution in [0.25, 0.3) is 10.6 Å². The Kier molecular flexibility index (Phi) is 4.66. The first-order valence-corrected chi connectivity index (χ1v) is 8.90. The fourth-order valence-corrected chi connectivity index (χ4v) is 3.77. The first kappa shape index (κ1) is 16.0. The molecule has 118 valence electrons. The topological polar surface area (TPSA) is 45.2 Å². The molecule has 1 amide bonds. The maximum atomic E-state index is 12.4. The summed E-state index contributed by atoms with van der Waals surface area (Å²) in [5.41, 5.74) is 2.40. The number of hydrogen-bond acceptors (Lipinski definition) is 5. The van der Waals surface area contributed by atoms with Crippen molar-refractivity contribution in [2.24, 2.45) is 0 Å². The average Bonchev–Trinajstić information content (AvgIpc) is 3.16. The molecule has 3 aromatic rings. The number of anilines is 2. The van der Waals surface area contributed by atoms with Crippen molar-refractivity contribution in [2.45, 2.75) is 0 Å². The minimum Gasteiger partial charge on any atom is -0.378 e. The zero-order valence-electron chi connectivity index (χ0n) is 12.5. The summed E-state index contributed by atoms with van der Waals surface area (Å²) in [6.45, 7) is 0. The van der Waals surface area contributed by atoms with Crippen molar-refractivity contribution in [3.05, 3.63) is 51.7 Å². The fourth-order valence-electron chi connectivity index (χ4n) is 1.99. The van der Waals surface area contributed by atoms with E-state index in [1.807, 2.05) is 54.7 Å². The molecule has 1 aromatic carbocycles. The minimum absolute atomic E-state index is 0.168. The third-order valence-electron chi connectivity index (χ3n) is 3.18. The molecule has 0 aliphatic rings. The Hall–Kier alpha value is -1.89. The van der Waals surface area contributed by atoms with E-state index in [0.717, 1.165) is 20.6 Å². The number of thiophene rings is 1. The number of aromatic nitrogens is 1. The molecular weight excluding hydrogens is 350 g/mol. The lowest BCUT2D eigenvalue weighted by Gasteiger charge is -2.13. The van der Waals surface area contributed by atoms with Crippen molar-refractivity contribution < 1.29 is 4.79 Å². The highest BCUT2D eigenvalue weighted by atomic mass is 35.5. The SMILES string of the molecule is CN(C)c1cccc(C(=O)Nc2nc(-c3ccc(Cl)s3)cs2)c1. The van der Waals surface area contributed by atoms with E-state index in [2.05, 4.69) is 10.3 Å². The number of carbonyl (C=O) groups excluding carboxylic acids is 1. The Morgan fingerprint density at radius 3 is 2.78 bits per heavy atom. The largest absolute Gasteiger partial charge is 0.378 e. The summed E-state index contributed by atoms with van der Waals surface area (Å²) in [4.78, 5) is 19.7. The van der Waals surface area contributed by atoms with Crippen molar-refractivity contribution in [2.75, 3.05) is 24.3 Å². The maximum absolute atomic E-state index is 12.4. The van der Waals surface area contributed by atoms with Gasteiger partial charge in [-0.25, -0.2) is 4.98 Å². The second-order valence-corrected chi connectivity index (χ2v) is 7.61.